The SMILES string of the molecule is CNCC(=Cc1ccc2oc(C(=O)O)cc2c1)B1OC(C)(C)C(C)(C)O1. The molecule has 1 saturated heterocycles. The van der Waals surface area contributed by atoms with E-state index in [1.54, 1.807) is 6.07 Å². The molecular weight excluding hydrogens is 333 g/mol. The Morgan fingerprint density at radius 3 is 2.42 bits per heavy atom. The molecular formula is C19H24BNO5. The number of hydrogen-bond donors (Lipinski definition) is 2. The van der Waals surface area contributed by atoms with E-state index in [9.17, 15) is 4.79 Å². The smallest absolute Gasteiger partial charge is 0.475 e. The van der Waals surface area contributed by atoms with Crippen molar-refractivity contribution in [3.05, 3.63) is 41.1 Å². The van der Waals surface area contributed by atoms with Crippen LogP contribution in [0.2, 0.25) is 0 Å². The topological polar surface area (TPSA) is 80.9 Å². The largest absolute Gasteiger partial charge is 0.491 e. The van der Waals surface area contributed by atoms with Gasteiger partial charge in [-0.3, -0.25) is 0 Å². The average molecular weight is 357 g/mol. The van der Waals surface area contributed by atoms with Gasteiger partial charge in [-0.05, 0) is 64.0 Å². The Kier molecular flexibility index (Phi) is 4.73. The maximum absolute atomic E-state index is 11.1. The average Bonchev–Trinajstić information content (AvgIpc) is 3.05. The third-order valence-corrected chi connectivity index (χ3v) is 5.04. The van der Waals surface area contributed by atoms with Crippen LogP contribution in [-0.4, -0.2) is 43.0 Å². The first kappa shape index (κ1) is 18.7. The van der Waals surface area contributed by atoms with E-state index in [0.29, 0.717) is 12.1 Å². The van der Waals surface area contributed by atoms with Crippen LogP contribution in [-0.2, 0) is 9.31 Å². The van der Waals surface area contributed by atoms with Crippen molar-refractivity contribution in [2.75, 3.05) is 13.6 Å². The summed E-state index contributed by atoms with van der Waals surface area (Å²) < 4.78 is 17.6. The molecule has 0 saturated carbocycles. The highest BCUT2D eigenvalue weighted by molar-refractivity contribution is 6.55. The zero-order valence-corrected chi connectivity index (χ0v) is 15.8. The molecule has 7 heteroatoms. The predicted octanol–water partition coefficient (Wildman–Crippen LogP) is 3.37. The normalized spacial score (nSPS) is 19.3. The Hall–Kier alpha value is -2.09. The summed E-state index contributed by atoms with van der Waals surface area (Å²) in [7, 11) is 1.43. The lowest BCUT2D eigenvalue weighted by atomic mass is 9.77. The molecule has 1 aromatic carbocycles. The molecule has 0 radical (unpaired) electrons. The van der Waals surface area contributed by atoms with Crippen molar-refractivity contribution >= 4 is 30.1 Å². The van der Waals surface area contributed by atoms with Crippen LogP contribution in [0, 0.1) is 0 Å². The molecule has 6 nitrogen and oxygen atoms in total. The highest BCUT2D eigenvalue weighted by Crippen LogP contribution is 2.38. The molecule has 1 aliphatic heterocycles. The second-order valence-corrected chi connectivity index (χ2v) is 7.55. The molecule has 1 fully saturated rings. The van der Waals surface area contributed by atoms with Crippen LogP contribution in [0.25, 0.3) is 17.0 Å². The van der Waals surface area contributed by atoms with Crippen molar-refractivity contribution in [1.29, 1.82) is 0 Å². The van der Waals surface area contributed by atoms with Crippen molar-refractivity contribution in [2.45, 2.75) is 38.9 Å². The van der Waals surface area contributed by atoms with Gasteiger partial charge in [0.05, 0.1) is 11.2 Å². The van der Waals surface area contributed by atoms with Crippen molar-refractivity contribution in [3.63, 3.8) is 0 Å². The van der Waals surface area contributed by atoms with E-state index in [-0.39, 0.29) is 5.76 Å². The minimum absolute atomic E-state index is 0.0671. The highest BCUT2D eigenvalue weighted by atomic mass is 16.7. The van der Waals surface area contributed by atoms with E-state index in [1.807, 2.05) is 53.0 Å². The third-order valence-electron chi connectivity index (χ3n) is 5.04. The summed E-state index contributed by atoms with van der Waals surface area (Å²) in [6.07, 6.45) is 2.01. The maximum Gasteiger partial charge on any atom is 0.491 e. The van der Waals surface area contributed by atoms with Gasteiger partial charge in [0.25, 0.3) is 0 Å². The number of furan rings is 1. The molecule has 0 unspecified atom stereocenters. The Labute approximate surface area is 153 Å². The third kappa shape index (κ3) is 3.42. The predicted molar refractivity (Wildman–Crippen MR) is 101 cm³/mol. The number of hydrogen-bond acceptors (Lipinski definition) is 5. The van der Waals surface area contributed by atoms with Gasteiger partial charge in [0.15, 0.2) is 0 Å². The van der Waals surface area contributed by atoms with E-state index >= 15 is 0 Å². The van der Waals surface area contributed by atoms with Gasteiger partial charge in [-0.25, -0.2) is 4.79 Å². The second-order valence-electron chi connectivity index (χ2n) is 7.55. The fourth-order valence-corrected chi connectivity index (χ4v) is 2.87. The van der Waals surface area contributed by atoms with Crippen LogP contribution in [0.5, 0.6) is 0 Å². The number of likely N-dealkylation sites (N-methyl/N-ethyl adjacent to an activating group) is 1. The minimum atomic E-state index is -1.08. The number of carboxylic acid groups (broad SMARTS) is 1. The zero-order chi connectivity index (χ0) is 19.1. The zero-order valence-electron chi connectivity index (χ0n) is 15.8. The van der Waals surface area contributed by atoms with E-state index in [4.69, 9.17) is 18.8 Å². The van der Waals surface area contributed by atoms with Crippen LogP contribution in [0.1, 0.15) is 43.8 Å². The van der Waals surface area contributed by atoms with E-state index < -0.39 is 24.3 Å². The molecule has 0 spiro atoms. The van der Waals surface area contributed by atoms with Gasteiger partial charge in [0.2, 0.25) is 5.76 Å². The van der Waals surface area contributed by atoms with Gasteiger partial charge in [0.1, 0.15) is 5.58 Å². The van der Waals surface area contributed by atoms with Gasteiger partial charge in [-0.15, -0.1) is 0 Å². The molecule has 2 aromatic rings. The van der Waals surface area contributed by atoms with E-state index in [1.165, 1.54) is 6.07 Å². The van der Waals surface area contributed by atoms with Crippen LogP contribution in [0.3, 0.4) is 0 Å². The number of benzene rings is 1. The highest BCUT2D eigenvalue weighted by Gasteiger charge is 2.52. The maximum atomic E-state index is 11.1. The Bertz CT molecular complexity index is 852. The van der Waals surface area contributed by atoms with Crippen molar-refractivity contribution in [1.82, 2.24) is 5.32 Å². The Morgan fingerprint density at radius 1 is 1.19 bits per heavy atom. The standard InChI is InChI=1S/C19H24BNO5/c1-18(2)19(3,4)26-20(25-18)14(11-21-5)9-12-6-7-15-13(8-12)10-16(24-15)17(22)23/h6-10,21H,11H2,1-5H3,(H,22,23). The number of aromatic carboxylic acids is 1. The monoisotopic (exact) mass is 357 g/mol. The number of nitrogens with one attached hydrogen (secondary N) is 1. The summed E-state index contributed by atoms with van der Waals surface area (Å²) in [6.45, 7) is 8.70. The van der Waals surface area contributed by atoms with Crippen molar-refractivity contribution < 1.29 is 23.6 Å². The summed E-state index contributed by atoms with van der Waals surface area (Å²) in [5.74, 6) is -1.14. The molecule has 138 valence electrons. The Balaban J connectivity index is 1.94. The molecule has 0 bridgehead atoms. The van der Waals surface area contributed by atoms with Crippen molar-refractivity contribution in [2.24, 2.45) is 0 Å². The van der Waals surface area contributed by atoms with Gasteiger partial charge in [0, 0.05) is 11.9 Å². The lowest BCUT2D eigenvalue weighted by Gasteiger charge is -2.32. The fourth-order valence-electron chi connectivity index (χ4n) is 2.87. The summed E-state index contributed by atoms with van der Waals surface area (Å²) in [5, 5.41) is 13.0. The van der Waals surface area contributed by atoms with E-state index in [0.717, 1.165) is 16.4 Å². The van der Waals surface area contributed by atoms with Crippen molar-refractivity contribution in [3.8, 4) is 0 Å². The number of carboxylic acids is 1. The molecule has 3 rings (SSSR count). The molecule has 0 amide bonds. The first-order valence-electron chi connectivity index (χ1n) is 8.60. The first-order chi connectivity index (χ1) is 12.1. The molecule has 2 N–H and O–H groups in total. The molecule has 1 aliphatic rings. The van der Waals surface area contributed by atoms with Gasteiger partial charge in [-0.1, -0.05) is 12.1 Å². The number of fused-ring (bicyclic) bond motifs is 1. The lowest BCUT2D eigenvalue weighted by molar-refractivity contribution is 0.00578. The quantitative estimate of drug-likeness (QED) is 0.799. The van der Waals surface area contributed by atoms with Gasteiger partial charge in [-0.2, -0.15) is 0 Å². The van der Waals surface area contributed by atoms with Gasteiger partial charge >= 0.3 is 13.1 Å². The summed E-state index contributed by atoms with van der Waals surface area (Å²) in [5.41, 5.74) is 1.62. The fraction of sp³-hybridized carbons (Fsp3) is 0.421. The van der Waals surface area contributed by atoms with E-state index in [2.05, 4.69) is 5.32 Å². The molecule has 0 atom stereocenters. The number of rotatable bonds is 5. The molecule has 26 heavy (non-hydrogen) atoms. The molecule has 2 heterocycles. The summed E-state index contributed by atoms with van der Waals surface area (Å²) in [4.78, 5) is 11.1. The lowest BCUT2D eigenvalue weighted by Crippen LogP contribution is -2.41. The minimum Gasteiger partial charge on any atom is -0.475 e. The van der Waals surface area contributed by atoms with Gasteiger partial charge < -0.3 is 24.1 Å². The van der Waals surface area contributed by atoms with Crippen LogP contribution in [0.4, 0.5) is 0 Å². The second kappa shape index (κ2) is 6.57. The molecule has 1 aromatic heterocycles. The summed E-state index contributed by atoms with van der Waals surface area (Å²) >= 11 is 0. The van der Waals surface area contributed by atoms with Crippen LogP contribution < -0.4 is 5.32 Å². The molecule has 0 aliphatic carbocycles. The number of carbonyl (C=O) groups is 1. The summed E-state index contributed by atoms with van der Waals surface area (Å²) in [6, 6.07) is 7.08. The van der Waals surface area contributed by atoms with Crippen LogP contribution >= 0.6 is 0 Å². The first-order valence-corrected chi connectivity index (χ1v) is 8.60. The van der Waals surface area contributed by atoms with Crippen LogP contribution in [0.15, 0.2) is 34.2 Å². The Morgan fingerprint density at radius 2 is 1.85 bits per heavy atom.